The Bertz CT molecular complexity index is 523. The van der Waals surface area contributed by atoms with E-state index in [1.807, 2.05) is 17.7 Å². The van der Waals surface area contributed by atoms with Crippen LogP contribution in [0.15, 0.2) is 20.0 Å². The molecule has 0 aliphatic heterocycles. The maximum Gasteiger partial charge on any atom is 0.274 e. The Hall–Kier alpha value is -0.810. The molecular formula is C9H9BrN2OS. The van der Waals surface area contributed by atoms with Gasteiger partial charge in [-0.2, -0.15) is 11.3 Å². The second-order valence-corrected chi connectivity index (χ2v) is 4.71. The molecule has 74 valence electrons. The number of H-pyrrole nitrogens is 1. The van der Waals surface area contributed by atoms with Crippen molar-refractivity contribution in [3.8, 4) is 11.1 Å². The minimum atomic E-state index is 0.0154. The summed E-state index contributed by atoms with van der Waals surface area (Å²) in [6, 6.07) is 0. The Kier molecular flexibility index (Phi) is 2.36. The molecule has 0 spiro atoms. The lowest BCUT2D eigenvalue weighted by atomic mass is 10.1. The first-order chi connectivity index (χ1) is 6.61. The molecule has 2 heterocycles. The average Bonchev–Trinajstić information content (AvgIpc) is 2.60. The number of thiophene rings is 1. The number of rotatable bonds is 1. The Balaban J connectivity index is 2.74. The maximum atomic E-state index is 11.8. The summed E-state index contributed by atoms with van der Waals surface area (Å²) in [4.78, 5) is 11.8. The third-order valence-electron chi connectivity index (χ3n) is 2.11. The number of nitrogens with one attached hydrogen (secondary N) is 1. The number of hydrogen-bond acceptors (Lipinski definition) is 2. The number of aryl methyl sites for hydroxylation is 2. The molecule has 0 atom stereocenters. The van der Waals surface area contributed by atoms with Crippen LogP contribution in [0, 0.1) is 6.92 Å². The van der Waals surface area contributed by atoms with Gasteiger partial charge >= 0.3 is 0 Å². The molecule has 0 bridgehead atoms. The quantitative estimate of drug-likeness (QED) is 0.851. The van der Waals surface area contributed by atoms with Gasteiger partial charge in [0.15, 0.2) is 0 Å². The van der Waals surface area contributed by atoms with Crippen LogP contribution in [0.5, 0.6) is 0 Å². The summed E-state index contributed by atoms with van der Waals surface area (Å²) in [5.74, 6) is 0. The van der Waals surface area contributed by atoms with Crippen LogP contribution in [0.25, 0.3) is 11.1 Å². The van der Waals surface area contributed by atoms with Gasteiger partial charge in [0.05, 0.1) is 5.56 Å². The van der Waals surface area contributed by atoms with Crippen molar-refractivity contribution in [3.63, 3.8) is 0 Å². The van der Waals surface area contributed by atoms with Crippen molar-refractivity contribution in [2.45, 2.75) is 6.92 Å². The van der Waals surface area contributed by atoms with E-state index in [1.165, 1.54) is 4.68 Å². The normalized spacial score (nSPS) is 10.8. The summed E-state index contributed by atoms with van der Waals surface area (Å²) in [6.45, 7) is 1.90. The number of halogens is 1. The van der Waals surface area contributed by atoms with Crippen LogP contribution >= 0.6 is 27.3 Å². The second-order valence-electron chi connectivity index (χ2n) is 3.11. The number of hydrogen-bond donors (Lipinski definition) is 1. The van der Waals surface area contributed by atoms with E-state index < -0.39 is 0 Å². The second kappa shape index (κ2) is 3.40. The van der Waals surface area contributed by atoms with Crippen LogP contribution < -0.4 is 5.56 Å². The molecule has 0 aliphatic carbocycles. The Morgan fingerprint density at radius 1 is 1.50 bits per heavy atom. The van der Waals surface area contributed by atoms with Crippen LogP contribution in [0.4, 0.5) is 0 Å². The van der Waals surface area contributed by atoms with Gasteiger partial charge in [0.1, 0.15) is 0 Å². The maximum absolute atomic E-state index is 11.8. The molecule has 0 saturated heterocycles. The van der Waals surface area contributed by atoms with E-state index in [0.717, 1.165) is 21.3 Å². The summed E-state index contributed by atoms with van der Waals surface area (Å²) < 4.78 is 2.47. The van der Waals surface area contributed by atoms with E-state index in [0.29, 0.717) is 0 Å². The van der Waals surface area contributed by atoms with Gasteiger partial charge in [-0.05, 0) is 28.2 Å². The van der Waals surface area contributed by atoms with Crippen molar-refractivity contribution >= 4 is 27.3 Å². The largest absolute Gasteiger partial charge is 0.300 e. The molecule has 0 aromatic carbocycles. The van der Waals surface area contributed by atoms with Crippen molar-refractivity contribution in [3.05, 3.63) is 31.3 Å². The van der Waals surface area contributed by atoms with Crippen LogP contribution in [0.3, 0.4) is 0 Å². The highest BCUT2D eigenvalue weighted by Gasteiger charge is 2.14. The Morgan fingerprint density at radius 2 is 2.21 bits per heavy atom. The molecule has 5 heteroatoms. The van der Waals surface area contributed by atoms with E-state index in [9.17, 15) is 4.79 Å². The zero-order valence-corrected chi connectivity index (χ0v) is 10.2. The van der Waals surface area contributed by atoms with E-state index in [-0.39, 0.29) is 5.56 Å². The summed E-state index contributed by atoms with van der Waals surface area (Å²) in [7, 11) is 1.72. The van der Waals surface area contributed by atoms with Crippen molar-refractivity contribution in [1.29, 1.82) is 0 Å². The first kappa shape index (κ1) is 9.73. The Morgan fingerprint density at radius 3 is 2.64 bits per heavy atom. The van der Waals surface area contributed by atoms with Crippen LogP contribution in [-0.4, -0.2) is 9.78 Å². The molecule has 0 fully saturated rings. The molecule has 0 amide bonds. The molecule has 0 saturated carbocycles. The number of nitrogens with zero attached hydrogens (tertiary/aromatic N) is 1. The SMILES string of the molecule is Cc1[nH]n(C)c(=O)c1-c1cscc1Br. The third kappa shape index (κ3) is 1.36. The van der Waals surface area contributed by atoms with Crippen molar-refractivity contribution in [2.75, 3.05) is 0 Å². The highest BCUT2D eigenvalue weighted by atomic mass is 79.9. The minimum Gasteiger partial charge on any atom is -0.300 e. The van der Waals surface area contributed by atoms with Crippen molar-refractivity contribution < 1.29 is 0 Å². The molecule has 1 N–H and O–H groups in total. The van der Waals surface area contributed by atoms with Gasteiger partial charge in [0.2, 0.25) is 0 Å². The van der Waals surface area contributed by atoms with Crippen LogP contribution in [0.2, 0.25) is 0 Å². The minimum absolute atomic E-state index is 0.0154. The molecule has 2 aromatic heterocycles. The lowest BCUT2D eigenvalue weighted by molar-refractivity contribution is 0.731. The molecule has 3 nitrogen and oxygen atoms in total. The van der Waals surface area contributed by atoms with Crippen LogP contribution in [-0.2, 0) is 7.05 Å². The van der Waals surface area contributed by atoms with Crippen molar-refractivity contribution in [1.82, 2.24) is 9.78 Å². The fourth-order valence-electron chi connectivity index (χ4n) is 1.46. The fraction of sp³-hybridized carbons (Fsp3) is 0.222. The first-order valence-electron chi connectivity index (χ1n) is 4.09. The topological polar surface area (TPSA) is 37.8 Å². The van der Waals surface area contributed by atoms with Gasteiger partial charge in [0.25, 0.3) is 5.56 Å². The van der Waals surface area contributed by atoms with E-state index in [2.05, 4.69) is 21.0 Å². The molecule has 2 aromatic rings. The van der Waals surface area contributed by atoms with Gasteiger partial charge in [-0.25, -0.2) is 0 Å². The van der Waals surface area contributed by atoms with Gasteiger partial charge in [-0.1, -0.05) is 0 Å². The lowest BCUT2D eigenvalue weighted by Gasteiger charge is -1.93. The standard InChI is InChI=1S/C9H9BrN2OS/c1-5-8(9(13)12(2)11-5)6-3-14-4-7(6)10/h3-4,11H,1-2H3. The predicted molar refractivity (Wildman–Crippen MR) is 61.8 cm³/mol. The molecular weight excluding hydrogens is 264 g/mol. The molecule has 0 unspecified atom stereocenters. The summed E-state index contributed by atoms with van der Waals surface area (Å²) in [6.07, 6.45) is 0. The van der Waals surface area contributed by atoms with E-state index >= 15 is 0 Å². The highest BCUT2D eigenvalue weighted by Crippen LogP contribution is 2.30. The lowest BCUT2D eigenvalue weighted by Crippen LogP contribution is -2.12. The predicted octanol–water partition coefficient (Wildman–Crippen LogP) is 2.51. The summed E-state index contributed by atoms with van der Waals surface area (Å²) in [5, 5.41) is 6.93. The summed E-state index contributed by atoms with van der Waals surface area (Å²) >= 11 is 5.01. The monoisotopic (exact) mass is 272 g/mol. The molecule has 14 heavy (non-hydrogen) atoms. The molecule has 2 rings (SSSR count). The van der Waals surface area contributed by atoms with Gasteiger partial charge in [-0.15, -0.1) is 0 Å². The first-order valence-corrected chi connectivity index (χ1v) is 5.82. The Labute approximate surface area is 93.5 Å². The van der Waals surface area contributed by atoms with Crippen LogP contribution in [0.1, 0.15) is 5.69 Å². The zero-order chi connectivity index (χ0) is 10.3. The zero-order valence-electron chi connectivity index (χ0n) is 7.80. The van der Waals surface area contributed by atoms with Gasteiger partial charge in [0, 0.05) is 28.2 Å². The van der Waals surface area contributed by atoms with Gasteiger partial charge in [-0.3, -0.25) is 14.6 Å². The highest BCUT2D eigenvalue weighted by molar-refractivity contribution is 9.10. The average molecular weight is 273 g/mol. The molecule has 0 radical (unpaired) electrons. The third-order valence-corrected chi connectivity index (χ3v) is 3.82. The van der Waals surface area contributed by atoms with E-state index in [1.54, 1.807) is 18.4 Å². The van der Waals surface area contributed by atoms with Crippen molar-refractivity contribution in [2.24, 2.45) is 7.05 Å². The number of aromatic nitrogens is 2. The fourth-order valence-corrected chi connectivity index (χ4v) is 2.95. The smallest absolute Gasteiger partial charge is 0.274 e. The summed E-state index contributed by atoms with van der Waals surface area (Å²) in [5.41, 5.74) is 2.63. The van der Waals surface area contributed by atoms with E-state index in [4.69, 9.17) is 0 Å². The number of aromatic amines is 1. The molecule has 0 aliphatic rings. The van der Waals surface area contributed by atoms with Gasteiger partial charge < -0.3 is 0 Å².